The topological polar surface area (TPSA) is 3.24 Å². The molecule has 1 aliphatic heterocycles. The van der Waals surface area contributed by atoms with Gasteiger partial charge in [0, 0.05) is 18.1 Å². The minimum atomic E-state index is 0.402. The van der Waals surface area contributed by atoms with Gasteiger partial charge >= 0.3 is 0 Å². The lowest BCUT2D eigenvalue weighted by Crippen LogP contribution is -2.56. The van der Waals surface area contributed by atoms with Gasteiger partial charge in [-0.15, -0.1) is 0 Å². The van der Waals surface area contributed by atoms with Gasteiger partial charge in [0.2, 0.25) is 0 Å². The molecule has 1 saturated heterocycles. The third kappa shape index (κ3) is 1.34. The van der Waals surface area contributed by atoms with Crippen molar-refractivity contribution in [1.29, 1.82) is 0 Å². The van der Waals surface area contributed by atoms with Crippen LogP contribution in [0, 0.1) is 0 Å². The standard InChI is InChI=1S/C9H19N/c1-5-8-6-7-10(8)9(2,3)4/h8H,5-7H2,1-4H3. The Morgan fingerprint density at radius 3 is 2.10 bits per heavy atom. The van der Waals surface area contributed by atoms with E-state index in [0.717, 1.165) is 6.04 Å². The average Bonchev–Trinajstić information content (AvgIpc) is 1.57. The third-order valence-electron chi connectivity index (χ3n) is 2.48. The first-order valence-electron chi connectivity index (χ1n) is 4.32. The lowest BCUT2D eigenvalue weighted by Gasteiger charge is -2.49. The summed E-state index contributed by atoms with van der Waals surface area (Å²) in [5.41, 5.74) is 0.402. The first kappa shape index (κ1) is 8.06. The Bertz CT molecular complexity index is 110. The minimum Gasteiger partial charge on any atom is -0.295 e. The summed E-state index contributed by atoms with van der Waals surface area (Å²) >= 11 is 0. The van der Waals surface area contributed by atoms with Crippen LogP contribution in [0.1, 0.15) is 40.5 Å². The summed E-state index contributed by atoms with van der Waals surface area (Å²) in [5.74, 6) is 0. The van der Waals surface area contributed by atoms with E-state index in [1.807, 2.05) is 0 Å². The molecule has 1 rings (SSSR count). The molecule has 0 saturated carbocycles. The van der Waals surface area contributed by atoms with Crippen LogP contribution in [0.25, 0.3) is 0 Å². The first-order valence-corrected chi connectivity index (χ1v) is 4.32. The van der Waals surface area contributed by atoms with Crippen molar-refractivity contribution in [1.82, 2.24) is 4.90 Å². The molecule has 0 amide bonds. The Hall–Kier alpha value is -0.0400. The number of likely N-dealkylation sites (tertiary alicyclic amines) is 1. The molecule has 1 unspecified atom stereocenters. The van der Waals surface area contributed by atoms with Crippen LogP contribution in [-0.4, -0.2) is 23.0 Å². The quantitative estimate of drug-likeness (QED) is 0.541. The molecule has 0 spiro atoms. The van der Waals surface area contributed by atoms with E-state index < -0.39 is 0 Å². The Balaban J connectivity index is 2.43. The van der Waals surface area contributed by atoms with Gasteiger partial charge in [-0.3, -0.25) is 4.90 Å². The van der Waals surface area contributed by atoms with Crippen molar-refractivity contribution in [3.63, 3.8) is 0 Å². The third-order valence-corrected chi connectivity index (χ3v) is 2.48. The fraction of sp³-hybridized carbons (Fsp3) is 1.00. The van der Waals surface area contributed by atoms with Crippen molar-refractivity contribution in [3.05, 3.63) is 0 Å². The van der Waals surface area contributed by atoms with Gasteiger partial charge in [0.05, 0.1) is 0 Å². The normalized spacial score (nSPS) is 28.2. The molecule has 0 aromatic rings. The van der Waals surface area contributed by atoms with Crippen LogP contribution in [0.5, 0.6) is 0 Å². The molecule has 10 heavy (non-hydrogen) atoms. The van der Waals surface area contributed by atoms with Crippen LogP contribution >= 0.6 is 0 Å². The van der Waals surface area contributed by atoms with Gasteiger partial charge in [-0.2, -0.15) is 0 Å². The number of hydrogen-bond acceptors (Lipinski definition) is 1. The fourth-order valence-corrected chi connectivity index (χ4v) is 1.75. The second-order valence-electron chi connectivity index (χ2n) is 4.21. The summed E-state index contributed by atoms with van der Waals surface area (Å²) in [5, 5.41) is 0. The predicted octanol–water partition coefficient (Wildman–Crippen LogP) is 2.27. The van der Waals surface area contributed by atoms with Crippen LogP contribution in [0.15, 0.2) is 0 Å². The Morgan fingerprint density at radius 1 is 1.40 bits per heavy atom. The van der Waals surface area contributed by atoms with Crippen LogP contribution in [0.4, 0.5) is 0 Å². The van der Waals surface area contributed by atoms with E-state index in [-0.39, 0.29) is 0 Å². The monoisotopic (exact) mass is 141 g/mol. The van der Waals surface area contributed by atoms with Crippen LogP contribution in [0.3, 0.4) is 0 Å². The highest BCUT2D eigenvalue weighted by Crippen LogP contribution is 2.28. The maximum Gasteiger partial charge on any atom is 0.0128 e. The first-order chi connectivity index (χ1) is 4.55. The van der Waals surface area contributed by atoms with Crippen LogP contribution in [0.2, 0.25) is 0 Å². The zero-order chi connectivity index (χ0) is 7.78. The largest absolute Gasteiger partial charge is 0.295 e. The lowest BCUT2D eigenvalue weighted by molar-refractivity contribution is 0.000134. The molecule has 60 valence electrons. The molecule has 1 heteroatoms. The molecule has 0 aromatic heterocycles. The molecule has 0 N–H and O–H groups in total. The summed E-state index contributed by atoms with van der Waals surface area (Å²) in [6.07, 6.45) is 2.73. The van der Waals surface area contributed by atoms with E-state index in [4.69, 9.17) is 0 Å². The summed E-state index contributed by atoms with van der Waals surface area (Å²) < 4.78 is 0. The Kier molecular flexibility index (Phi) is 2.04. The summed E-state index contributed by atoms with van der Waals surface area (Å²) in [7, 11) is 0. The van der Waals surface area contributed by atoms with Gasteiger partial charge in [-0.05, 0) is 33.6 Å². The highest BCUT2D eigenvalue weighted by Gasteiger charge is 2.34. The van der Waals surface area contributed by atoms with Gasteiger partial charge in [0.1, 0.15) is 0 Å². The summed E-state index contributed by atoms with van der Waals surface area (Å²) in [6, 6.07) is 0.875. The number of nitrogens with zero attached hydrogens (tertiary/aromatic N) is 1. The molecular weight excluding hydrogens is 122 g/mol. The fourth-order valence-electron chi connectivity index (χ4n) is 1.75. The highest BCUT2D eigenvalue weighted by molar-refractivity contribution is 4.90. The van der Waals surface area contributed by atoms with Gasteiger partial charge < -0.3 is 0 Å². The zero-order valence-corrected chi connectivity index (χ0v) is 7.65. The zero-order valence-electron chi connectivity index (χ0n) is 7.65. The smallest absolute Gasteiger partial charge is 0.0128 e. The Morgan fingerprint density at radius 2 is 2.00 bits per heavy atom. The molecule has 0 aliphatic carbocycles. The highest BCUT2D eigenvalue weighted by atomic mass is 15.3. The maximum absolute atomic E-state index is 2.59. The van der Waals surface area contributed by atoms with E-state index in [1.165, 1.54) is 19.4 Å². The van der Waals surface area contributed by atoms with Crippen molar-refractivity contribution in [3.8, 4) is 0 Å². The summed E-state index contributed by atoms with van der Waals surface area (Å²) in [6.45, 7) is 10.5. The molecule has 1 fully saturated rings. The van der Waals surface area contributed by atoms with Gasteiger partial charge in [-0.1, -0.05) is 6.92 Å². The van der Waals surface area contributed by atoms with E-state index in [0.29, 0.717) is 5.54 Å². The lowest BCUT2D eigenvalue weighted by atomic mass is 9.92. The van der Waals surface area contributed by atoms with Crippen molar-refractivity contribution in [2.45, 2.75) is 52.1 Å². The molecule has 1 heterocycles. The Labute approximate surface area is 64.4 Å². The van der Waals surface area contributed by atoms with Crippen LogP contribution < -0.4 is 0 Å². The van der Waals surface area contributed by atoms with Gasteiger partial charge in [-0.25, -0.2) is 0 Å². The number of rotatable bonds is 1. The summed E-state index contributed by atoms with van der Waals surface area (Å²) in [4.78, 5) is 2.59. The van der Waals surface area contributed by atoms with Crippen molar-refractivity contribution >= 4 is 0 Å². The molecule has 0 bridgehead atoms. The predicted molar refractivity (Wildman–Crippen MR) is 45.2 cm³/mol. The second kappa shape index (κ2) is 2.54. The minimum absolute atomic E-state index is 0.402. The van der Waals surface area contributed by atoms with Gasteiger partial charge in [0.25, 0.3) is 0 Å². The maximum atomic E-state index is 2.59. The average molecular weight is 141 g/mol. The van der Waals surface area contributed by atoms with E-state index in [2.05, 4.69) is 32.6 Å². The second-order valence-corrected chi connectivity index (χ2v) is 4.21. The van der Waals surface area contributed by atoms with E-state index in [1.54, 1.807) is 0 Å². The SMILES string of the molecule is CCC1CCN1C(C)(C)C. The van der Waals surface area contributed by atoms with Crippen molar-refractivity contribution in [2.24, 2.45) is 0 Å². The van der Waals surface area contributed by atoms with E-state index >= 15 is 0 Å². The van der Waals surface area contributed by atoms with Crippen molar-refractivity contribution < 1.29 is 0 Å². The molecule has 1 atom stereocenters. The molecular formula is C9H19N. The number of hydrogen-bond donors (Lipinski definition) is 0. The molecule has 0 aromatic carbocycles. The van der Waals surface area contributed by atoms with E-state index in [9.17, 15) is 0 Å². The molecule has 1 nitrogen and oxygen atoms in total. The molecule has 1 aliphatic rings. The van der Waals surface area contributed by atoms with Gasteiger partial charge in [0.15, 0.2) is 0 Å². The van der Waals surface area contributed by atoms with Crippen LogP contribution in [-0.2, 0) is 0 Å². The molecule has 0 radical (unpaired) electrons. The van der Waals surface area contributed by atoms with Crippen molar-refractivity contribution in [2.75, 3.05) is 6.54 Å².